The summed E-state index contributed by atoms with van der Waals surface area (Å²) in [6.45, 7) is 5.77. The van der Waals surface area contributed by atoms with Crippen molar-refractivity contribution in [1.29, 1.82) is 0 Å². The van der Waals surface area contributed by atoms with E-state index in [0.717, 1.165) is 24.8 Å². The van der Waals surface area contributed by atoms with Gasteiger partial charge in [0, 0.05) is 17.5 Å². The van der Waals surface area contributed by atoms with Crippen LogP contribution in [0.4, 0.5) is 0 Å². The maximum atomic E-state index is 12.0. The van der Waals surface area contributed by atoms with Crippen LogP contribution in [0.15, 0.2) is 24.3 Å². The van der Waals surface area contributed by atoms with Gasteiger partial charge >= 0.3 is 0 Å². The molecule has 1 aliphatic rings. The molecule has 19 heavy (non-hydrogen) atoms. The average molecular weight is 260 g/mol. The fourth-order valence-electron chi connectivity index (χ4n) is 2.26. The summed E-state index contributed by atoms with van der Waals surface area (Å²) >= 11 is 0. The lowest BCUT2D eigenvalue weighted by molar-refractivity contribution is 0.0945. The van der Waals surface area contributed by atoms with Crippen molar-refractivity contribution in [3.05, 3.63) is 35.4 Å². The van der Waals surface area contributed by atoms with E-state index < -0.39 is 0 Å². The molecule has 1 aromatic rings. The molecule has 0 unspecified atom stereocenters. The van der Waals surface area contributed by atoms with Crippen LogP contribution in [0.2, 0.25) is 0 Å². The lowest BCUT2D eigenvalue weighted by Crippen LogP contribution is -2.33. The summed E-state index contributed by atoms with van der Waals surface area (Å²) in [6, 6.07) is 7.92. The second-order valence-corrected chi connectivity index (χ2v) is 6.18. The van der Waals surface area contributed by atoms with Gasteiger partial charge in [0.15, 0.2) is 0 Å². The van der Waals surface area contributed by atoms with Gasteiger partial charge in [-0.1, -0.05) is 26.0 Å². The molecule has 3 N–H and O–H groups in total. The molecule has 104 valence electrons. The van der Waals surface area contributed by atoms with E-state index in [1.807, 2.05) is 24.3 Å². The van der Waals surface area contributed by atoms with Gasteiger partial charge in [-0.25, -0.2) is 0 Å². The summed E-state index contributed by atoms with van der Waals surface area (Å²) in [5.74, 6) is 0.648. The number of nitrogens with one attached hydrogen (secondary N) is 1. The lowest BCUT2D eigenvalue weighted by Gasteiger charge is -2.13. The number of amides is 1. The van der Waals surface area contributed by atoms with E-state index in [1.165, 1.54) is 5.56 Å². The maximum absolute atomic E-state index is 12.0. The van der Waals surface area contributed by atoms with E-state index >= 15 is 0 Å². The Morgan fingerprint density at radius 2 is 1.95 bits per heavy atom. The Kier molecular flexibility index (Phi) is 4.25. The molecule has 0 bridgehead atoms. The van der Waals surface area contributed by atoms with Crippen LogP contribution in [0.3, 0.4) is 0 Å². The van der Waals surface area contributed by atoms with E-state index in [0.29, 0.717) is 19.0 Å². The largest absolute Gasteiger partial charge is 0.351 e. The lowest BCUT2D eigenvalue weighted by atomic mass is 10.0. The molecule has 1 fully saturated rings. The Morgan fingerprint density at radius 3 is 2.42 bits per heavy atom. The van der Waals surface area contributed by atoms with Crippen LogP contribution in [0.5, 0.6) is 0 Å². The summed E-state index contributed by atoms with van der Waals surface area (Å²) < 4.78 is 0. The summed E-state index contributed by atoms with van der Waals surface area (Å²) in [5.41, 5.74) is 7.92. The third-order valence-corrected chi connectivity index (χ3v) is 3.87. The normalized spacial score (nSPS) is 16.4. The van der Waals surface area contributed by atoms with E-state index in [4.69, 9.17) is 5.73 Å². The molecule has 3 heteroatoms. The quantitative estimate of drug-likeness (QED) is 0.825. The highest BCUT2D eigenvalue weighted by Gasteiger charge is 2.41. The van der Waals surface area contributed by atoms with E-state index in [9.17, 15) is 4.79 Å². The van der Waals surface area contributed by atoms with Gasteiger partial charge in [0.05, 0.1) is 0 Å². The van der Waals surface area contributed by atoms with Gasteiger partial charge in [-0.2, -0.15) is 0 Å². The smallest absolute Gasteiger partial charge is 0.251 e. The standard InChI is InChI=1S/C16H24N2O/c1-12(2)9-13-3-5-14(6-4-13)15(19)18-11-16(10-17)7-8-16/h3-6,12H,7-11,17H2,1-2H3,(H,18,19). The second kappa shape index (κ2) is 5.74. The minimum Gasteiger partial charge on any atom is -0.351 e. The van der Waals surface area contributed by atoms with Crippen LogP contribution in [0, 0.1) is 11.3 Å². The number of rotatable bonds is 6. The Labute approximate surface area is 115 Å². The SMILES string of the molecule is CC(C)Cc1ccc(C(=O)NCC2(CN)CC2)cc1. The molecule has 0 atom stereocenters. The van der Waals surface area contributed by atoms with Crippen LogP contribution < -0.4 is 11.1 Å². The van der Waals surface area contributed by atoms with Crippen LogP contribution in [0.1, 0.15) is 42.6 Å². The molecule has 0 spiro atoms. The van der Waals surface area contributed by atoms with Crippen molar-refractivity contribution in [2.45, 2.75) is 33.1 Å². The Morgan fingerprint density at radius 1 is 1.32 bits per heavy atom. The first-order chi connectivity index (χ1) is 9.04. The topological polar surface area (TPSA) is 55.1 Å². The Balaban J connectivity index is 1.88. The van der Waals surface area contributed by atoms with Crippen molar-refractivity contribution >= 4 is 5.91 Å². The number of benzene rings is 1. The van der Waals surface area contributed by atoms with Gasteiger partial charge in [-0.15, -0.1) is 0 Å². The molecule has 2 rings (SSSR count). The fraction of sp³-hybridized carbons (Fsp3) is 0.562. The number of carbonyl (C=O) groups excluding carboxylic acids is 1. The molecule has 3 nitrogen and oxygen atoms in total. The molecule has 1 aromatic carbocycles. The monoisotopic (exact) mass is 260 g/mol. The summed E-state index contributed by atoms with van der Waals surface area (Å²) in [6.07, 6.45) is 3.33. The summed E-state index contributed by atoms with van der Waals surface area (Å²) in [5, 5.41) is 2.99. The highest BCUT2D eigenvalue weighted by atomic mass is 16.1. The van der Waals surface area contributed by atoms with Crippen molar-refractivity contribution in [2.75, 3.05) is 13.1 Å². The molecule has 1 amide bonds. The minimum absolute atomic E-state index is 0.0100. The molecule has 0 aromatic heterocycles. The van der Waals surface area contributed by atoms with Gasteiger partial charge in [0.25, 0.3) is 5.91 Å². The first-order valence-electron chi connectivity index (χ1n) is 7.12. The van der Waals surface area contributed by atoms with Crippen molar-refractivity contribution in [2.24, 2.45) is 17.1 Å². The Hall–Kier alpha value is -1.35. The third kappa shape index (κ3) is 3.80. The van der Waals surface area contributed by atoms with Crippen LogP contribution >= 0.6 is 0 Å². The van der Waals surface area contributed by atoms with E-state index in [-0.39, 0.29) is 11.3 Å². The average Bonchev–Trinajstić information content (AvgIpc) is 3.17. The van der Waals surface area contributed by atoms with Gasteiger partial charge < -0.3 is 11.1 Å². The van der Waals surface area contributed by atoms with Gasteiger partial charge in [-0.05, 0) is 49.4 Å². The first kappa shape index (κ1) is 14.1. The van der Waals surface area contributed by atoms with Crippen LogP contribution in [-0.4, -0.2) is 19.0 Å². The van der Waals surface area contributed by atoms with E-state index in [1.54, 1.807) is 0 Å². The molecule has 0 heterocycles. The predicted octanol–water partition coefficient (Wildman–Crippen LogP) is 2.35. The molecular formula is C16H24N2O. The fourth-order valence-corrected chi connectivity index (χ4v) is 2.26. The number of nitrogens with two attached hydrogens (primary N) is 1. The molecule has 1 saturated carbocycles. The Bertz CT molecular complexity index is 433. The molecular weight excluding hydrogens is 236 g/mol. The summed E-state index contributed by atoms with van der Waals surface area (Å²) in [7, 11) is 0. The van der Waals surface area contributed by atoms with Crippen molar-refractivity contribution in [3.63, 3.8) is 0 Å². The highest BCUT2D eigenvalue weighted by molar-refractivity contribution is 5.94. The summed E-state index contributed by atoms with van der Waals surface area (Å²) in [4.78, 5) is 12.0. The van der Waals surface area contributed by atoms with Gasteiger partial charge in [-0.3, -0.25) is 4.79 Å². The first-order valence-corrected chi connectivity index (χ1v) is 7.12. The van der Waals surface area contributed by atoms with Gasteiger partial charge in [0.2, 0.25) is 0 Å². The molecule has 1 aliphatic carbocycles. The molecule has 0 saturated heterocycles. The molecule has 0 radical (unpaired) electrons. The number of hydrogen-bond donors (Lipinski definition) is 2. The zero-order valence-electron chi connectivity index (χ0n) is 11.9. The van der Waals surface area contributed by atoms with Crippen LogP contribution in [0.25, 0.3) is 0 Å². The van der Waals surface area contributed by atoms with Crippen molar-refractivity contribution in [3.8, 4) is 0 Å². The maximum Gasteiger partial charge on any atom is 0.251 e. The minimum atomic E-state index is 0.0100. The molecule has 0 aliphatic heterocycles. The van der Waals surface area contributed by atoms with Crippen LogP contribution in [-0.2, 0) is 6.42 Å². The van der Waals surface area contributed by atoms with Crippen molar-refractivity contribution in [1.82, 2.24) is 5.32 Å². The third-order valence-electron chi connectivity index (χ3n) is 3.87. The second-order valence-electron chi connectivity index (χ2n) is 6.18. The van der Waals surface area contributed by atoms with Crippen molar-refractivity contribution < 1.29 is 4.79 Å². The highest BCUT2D eigenvalue weighted by Crippen LogP contribution is 2.43. The zero-order chi connectivity index (χ0) is 13.9. The number of hydrogen-bond acceptors (Lipinski definition) is 2. The zero-order valence-corrected chi connectivity index (χ0v) is 11.9. The predicted molar refractivity (Wildman–Crippen MR) is 78.0 cm³/mol. The van der Waals surface area contributed by atoms with Gasteiger partial charge in [0.1, 0.15) is 0 Å². The van der Waals surface area contributed by atoms with E-state index in [2.05, 4.69) is 19.2 Å². The number of carbonyl (C=O) groups is 1.